The maximum atomic E-state index is 11.9. The lowest BCUT2D eigenvalue weighted by Crippen LogP contribution is -2.20. The van der Waals surface area contributed by atoms with Crippen molar-refractivity contribution in [1.82, 2.24) is 4.98 Å². The van der Waals surface area contributed by atoms with Crippen molar-refractivity contribution in [2.75, 3.05) is 29.6 Å². The lowest BCUT2D eigenvalue weighted by atomic mass is 10.2. The number of pyridine rings is 1. The van der Waals surface area contributed by atoms with Gasteiger partial charge in [0.1, 0.15) is 11.6 Å². The van der Waals surface area contributed by atoms with Crippen LogP contribution in [0, 0.1) is 6.92 Å². The molecule has 0 saturated heterocycles. The van der Waals surface area contributed by atoms with Crippen LogP contribution in [0.15, 0.2) is 36.5 Å². The van der Waals surface area contributed by atoms with Gasteiger partial charge in [0.15, 0.2) is 0 Å². The third kappa shape index (κ3) is 3.85. The van der Waals surface area contributed by atoms with Crippen molar-refractivity contribution >= 4 is 23.2 Å². The Labute approximate surface area is 123 Å². The van der Waals surface area contributed by atoms with E-state index >= 15 is 0 Å². The Morgan fingerprint density at radius 2 is 1.95 bits per heavy atom. The Morgan fingerprint density at radius 1 is 1.19 bits per heavy atom. The molecule has 0 aliphatic carbocycles. The second-order valence-corrected chi connectivity index (χ2v) is 4.88. The van der Waals surface area contributed by atoms with Crippen LogP contribution in [0.3, 0.4) is 0 Å². The quantitative estimate of drug-likeness (QED) is 0.758. The number of rotatable bonds is 3. The molecular formula is C15H18N4O2. The van der Waals surface area contributed by atoms with E-state index in [-0.39, 0.29) is 11.8 Å². The first-order valence-corrected chi connectivity index (χ1v) is 6.46. The Morgan fingerprint density at radius 3 is 2.52 bits per heavy atom. The molecule has 0 fully saturated rings. The number of nitrogens with zero attached hydrogens (tertiary/aromatic N) is 2. The summed E-state index contributed by atoms with van der Waals surface area (Å²) in [6, 6.07) is 8.08. The van der Waals surface area contributed by atoms with E-state index in [1.165, 1.54) is 6.07 Å². The molecule has 0 saturated carbocycles. The number of urea groups is 1. The highest BCUT2D eigenvalue weighted by molar-refractivity contribution is 5.99. The van der Waals surface area contributed by atoms with Gasteiger partial charge in [0.2, 0.25) is 0 Å². The van der Waals surface area contributed by atoms with Gasteiger partial charge in [0.25, 0.3) is 0 Å². The predicted molar refractivity (Wildman–Crippen MR) is 84.0 cm³/mol. The molecule has 6 nitrogen and oxygen atoms in total. The van der Waals surface area contributed by atoms with Crippen LogP contribution in [-0.2, 0) is 0 Å². The van der Waals surface area contributed by atoms with E-state index in [0.29, 0.717) is 17.1 Å². The maximum absolute atomic E-state index is 11.9. The average Bonchev–Trinajstić information content (AvgIpc) is 2.43. The number of nitrogens with one attached hydrogen (secondary N) is 2. The van der Waals surface area contributed by atoms with E-state index in [9.17, 15) is 9.90 Å². The zero-order chi connectivity index (χ0) is 15.4. The number of amides is 2. The molecule has 110 valence electrons. The van der Waals surface area contributed by atoms with Crippen LogP contribution >= 0.6 is 0 Å². The number of anilines is 3. The predicted octanol–water partition coefficient (Wildman–Crippen LogP) is 2.81. The van der Waals surface area contributed by atoms with Gasteiger partial charge < -0.3 is 15.3 Å². The molecule has 6 heteroatoms. The normalized spacial score (nSPS) is 10.0. The highest BCUT2D eigenvalue weighted by atomic mass is 16.3. The summed E-state index contributed by atoms with van der Waals surface area (Å²) in [5.41, 5.74) is 2.25. The fourth-order valence-corrected chi connectivity index (χ4v) is 1.74. The highest BCUT2D eigenvalue weighted by Crippen LogP contribution is 2.20. The summed E-state index contributed by atoms with van der Waals surface area (Å²) >= 11 is 0. The highest BCUT2D eigenvalue weighted by Gasteiger charge is 2.05. The molecule has 2 rings (SSSR count). The average molecular weight is 286 g/mol. The van der Waals surface area contributed by atoms with Gasteiger partial charge >= 0.3 is 6.03 Å². The van der Waals surface area contributed by atoms with Crippen LogP contribution in [0.5, 0.6) is 5.75 Å². The molecule has 1 aromatic heterocycles. The van der Waals surface area contributed by atoms with Crippen molar-refractivity contribution in [2.24, 2.45) is 0 Å². The van der Waals surface area contributed by atoms with E-state index in [2.05, 4.69) is 15.6 Å². The molecule has 21 heavy (non-hydrogen) atoms. The molecule has 0 aliphatic rings. The van der Waals surface area contributed by atoms with Gasteiger partial charge in [-0.25, -0.2) is 9.78 Å². The zero-order valence-electron chi connectivity index (χ0n) is 12.2. The first kappa shape index (κ1) is 14.6. The fourth-order valence-electron chi connectivity index (χ4n) is 1.74. The standard InChI is InChI=1S/C15H18N4O2/c1-10-8-11(4-6-13(10)20)17-15(21)18-14-7-5-12(9-16-14)19(2)3/h4-9,20H,1-3H3,(H2,16,17,18,21). The summed E-state index contributed by atoms with van der Waals surface area (Å²) in [7, 11) is 3.84. The second kappa shape index (κ2) is 6.13. The van der Waals surface area contributed by atoms with Crippen molar-refractivity contribution in [3.63, 3.8) is 0 Å². The van der Waals surface area contributed by atoms with Gasteiger partial charge in [-0.3, -0.25) is 5.32 Å². The van der Waals surface area contributed by atoms with Crippen LogP contribution in [0.4, 0.5) is 22.0 Å². The summed E-state index contributed by atoms with van der Waals surface area (Å²) in [6.45, 7) is 1.76. The van der Waals surface area contributed by atoms with E-state index in [1.54, 1.807) is 31.3 Å². The lowest BCUT2D eigenvalue weighted by molar-refractivity contribution is 0.262. The number of carbonyl (C=O) groups excluding carboxylic acids is 1. The Kier molecular flexibility index (Phi) is 4.27. The van der Waals surface area contributed by atoms with E-state index in [1.807, 2.05) is 25.1 Å². The minimum absolute atomic E-state index is 0.196. The number of hydrogen-bond acceptors (Lipinski definition) is 4. The summed E-state index contributed by atoms with van der Waals surface area (Å²) in [4.78, 5) is 17.9. The molecule has 2 aromatic rings. The molecule has 1 heterocycles. The first-order chi connectivity index (χ1) is 9.95. The maximum Gasteiger partial charge on any atom is 0.324 e. The Balaban J connectivity index is 1.99. The van der Waals surface area contributed by atoms with Crippen molar-refractivity contribution in [1.29, 1.82) is 0 Å². The van der Waals surface area contributed by atoms with Crippen LogP contribution in [0.1, 0.15) is 5.56 Å². The molecule has 2 amide bonds. The number of aromatic nitrogens is 1. The first-order valence-electron chi connectivity index (χ1n) is 6.46. The molecule has 0 atom stereocenters. The number of phenolic OH excluding ortho intramolecular Hbond substituents is 1. The van der Waals surface area contributed by atoms with Crippen molar-refractivity contribution < 1.29 is 9.90 Å². The van der Waals surface area contributed by atoms with Gasteiger partial charge in [0.05, 0.1) is 11.9 Å². The minimum Gasteiger partial charge on any atom is -0.508 e. The summed E-state index contributed by atoms with van der Waals surface area (Å²) in [5.74, 6) is 0.662. The summed E-state index contributed by atoms with van der Waals surface area (Å²) < 4.78 is 0. The Hall–Kier alpha value is -2.76. The summed E-state index contributed by atoms with van der Waals surface area (Å²) in [5, 5.41) is 14.8. The number of aryl methyl sites for hydroxylation is 1. The summed E-state index contributed by atoms with van der Waals surface area (Å²) in [6.07, 6.45) is 1.68. The number of phenols is 1. The number of carbonyl (C=O) groups is 1. The van der Waals surface area contributed by atoms with E-state index in [0.717, 1.165) is 5.69 Å². The topological polar surface area (TPSA) is 77.5 Å². The molecule has 1 aromatic carbocycles. The van der Waals surface area contributed by atoms with Gasteiger partial charge in [0, 0.05) is 19.8 Å². The van der Waals surface area contributed by atoms with Crippen molar-refractivity contribution in [2.45, 2.75) is 6.92 Å². The largest absolute Gasteiger partial charge is 0.508 e. The van der Waals surface area contributed by atoms with E-state index < -0.39 is 0 Å². The number of aromatic hydroxyl groups is 1. The minimum atomic E-state index is -0.384. The van der Waals surface area contributed by atoms with Crippen LogP contribution in [0.25, 0.3) is 0 Å². The van der Waals surface area contributed by atoms with Crippen LogP contribution in [0.2, 0.25) is 0 Å². The molecule has 0 radical (unpaired) electrons. The molecule has 0 aliphatic heterocycles. The lowest BCUT2D eigenvalue weighted by Gasteiger charge is -2.12. The smallest absolute Gasteiger partial charge is 0.324 e. The molecule has 0 unspecified atom stereocenters. The van der Waals surface area contributed by atoms with Crippen LogP contribution in [-0.4, -0.2) is 30.2 Å². The Bertz CT molecular complexity index is 639. The monoisotopic (exact) mass is 286 g/mol. The second-order valence-electron chi connectivity index (χ2n) is 4.88. The third-order valence-electron chi connectivity index (χ3n) is 2.96. The van der Waals surface area contributed by atoms with Gasteiger partial charge in [-0.2, -0.15) is 0 Å². The molecule has 0 spiro atoms. The van der Waals surface area contributed by atoms with E-state index in [4.69, 9.17) is 0 Å². The fraction of sp³-hybridized carbons (Fsp3) is 0.200. The SMILES string of the molecule is Cc1cc(NC(=O)Nc2ccc(N(C)C)cn2)ccc1O. The number of hydrogen-bond donors (Lipinski definition) is 3. The van der Waals surface area contributed by atoms with Crippen molar-refractivity contribution in [3.8, 4) is 5.75 Å². The van der Waals surface area contributed by atoms with Gasteiger partial charge in [-0.15, -0.1) is 0 Å². The molecule has 0 bridgehead atoms. The van der Waals surface area contributed by atoms with Gasteiger partial charge in [-0.05, 0) is 42.8 Å². The number of benzene rings is 1. The van der Waals surface area contributed by atoms with Crippen LogP contribution < -0.4 is 15.5 Å². The zero-order valence-corrected chi connectivity index (χ0v) is 12.2. The third-order valence-corrected chi connectivity index (χ3v) is 2.96. The molecule has 3 N–H and O–H groups in total. The van der Waals surface area contributed by atoms with Crippen molar-refractivity contribution in [3.05, 3.63) is 42.1 Å². The van der Waals surface area contributed by atoms with Gasteiger partial charge in [-0.1, -0.05) is 0 Å². The molecular weight excluding hydrogens is 268 g/mol.